The third kappa shape index (κ3) is 4.55. The minimum Gasteiger partial charge on any atom is -0.496 e. The number of carbonyl (C=O) groups excluding carboxylic acids is 1. The lowest BCUT2D eigenvalue weighted by Crippen LogP contribution is -2.49. The molecule has 2 aromatic rings. The number of nitrogens with zero attached hydrogens (tertiary/aromatic N) is 2. The van der Waals surface area contributed by atoms with Crippen molar-refractivity contribution in [1.82, 2.24) is 10.2 Å². The molecule has 0 aromatic heterocycles. The summed E-state index contributed by atoms with van der Waals surface area (Å²) in [5.74, 6) is 0.855. The van der Waals surface area contributed by atoms with Crippen LogP contribution in [0.3, 0.4) is 0 Å². The van der Waals surface area contributed by atoms with Gasteiger partial charge in [-0.05, 0) is 25.1 Å². The minimum atomic E-state index is -0.0794. The maximum absolute atomic E-state index is 12.4. The molecule has 1 amide bonds. The summed E-state index contributed by atoms with van der Waals surface area (Å²) in [5.41, 5.74) is 2.25. The molecule has 26 heavy (non-hydrogen) atoms. The van der Waals surface area contributed by atoms with Crippen LogP contribution >= 0.6 is 0 Å². The number of hydrogen-bond donors (Lipinski definition) is 1. The number of ether oxygens (including phenoxy) is 1. The molecule has 1 atom stereocenters. The Bertz CT molecular complexity index is 712. The van der Waals surface area contributed by atoms with Crippen LogP contribution in [-0.2, 0) is 4.79 Å². The average Bonchev–Trinajstić information content (AvgIpc) is 2.69. The highest BCUT2D eigenvalue weighted by Gasteiger charge is 2.20. The normalized spacial score (nSPS) is 16.2. The van der Waals surface area contributed by atoms with E-state index in [9.17, 15) is 4.79 Å². The number of amides is 1. The molecule has 1 unspecified atom stereocenters. The molecule has 1 N–H and O–H groups in total. The Hall–Kier alpha value is -2.53. The van der Waals surface area contributed by atoms with Gasteiger partial charge in [-0.3, -0.25) is 9.69 Å². The maximum Gasteiger partial charge on any atom is 0.234 e. The number of carbonyl (C=O) groups is 1. The van der Waals surface area contributed by atoms with Crippen molar-refractivity contribution in [3.63, 3.8) is 0 Å². The number of rotatable bonds is 6. The molecule has 0 bridgehead atoms. The van der Waals surface area contributed by atoms with Gasteiger partial charge in [0.2, 0.25) is 5.91 Å². The molecule has 1 saturated heterocycles. The van der Waals surface area contributed by atoms with Gasteiger partial charge in [-0.25, -0.2) is 0 Å². The molecule has 1 heterocycles. The smallest absolute Gasteiger partial charge is 0.234 e. The predicted molar refractivity (Wildman–Crippen MR) is 105 cm³/mol. The van der Waals surface area contributed by atoms with E-state index in [1.54, 1.807) is 7.11 Å². The van der Waals surface area contributed by atoms with Gasteiger partial charge in [0.1, 0.15) is 5.75 Å². The van der Waals surface area contributed by atoms with E-state index in [1.165, 1.54) is 5.69 Å². The molecule has 0 aliphatic carbocycles. The standard InChI is InChI=1S/C21H27N3O2/c1-17(19-10-6-7-11-20(19)26-2)22-21(25)16-23-12-14-24(15-13-23)18-8-4-3-5-9-18/h3-11,17H,12-16H2,1-2H3,(H,22,25). The number of piperazine rings is 1. The Labute approximate surface area is 155 Å². The average molecular weight is 353 g/mol. The van der Waals surface area contributed by atoms with Gasteiger partial charge in [0, 0.05) is 37.4 Å². The lowest BCUT2D eigenvalue weighted by Gasteiger charge is -2.35. The molecule has 138 valence electrons. The fourth-order valence-corrected chi connectivity index (χ4v) is 3.40. The highest BCUT2D eigenvalue weighted by Crippen LogP contribution is 2.24. The van der Waals surface area contributed by atoms with Crippen LogP contribution in [0.2, 0.25) is 0 Å². The number of benzene rings is 2. The fraction of sp³-hybridized carbons (Fsp3) is 0.381. The summed E-state index contributed by atoms with van der Waals surface area (Å²) in [4.78, 5) is 17.0. The highest BCUT2D eigenvalue weighted by atomic mass is 16.5. The van der Waals surface area contributed by atoms with E-state index in [-0.39, 0.29) is 11.9 Å². The van der Waals surface area contributed by atoms with Crippen molar-refractivity contribution >= 4 is 11.6 Å². The summed E-state index contributed by atoms with van der Waals surface area (Å²) in [5, 5.41) is 3.09. The molecule has 1 aliphatic rings. The summed E-state index contributed by atoms with van der Waals surface area (Å²) in [6.07, 6.45) is 0. The third-order valence-electron chi connectivity index (χ3n) is 4.84. The van der Waals surface area contributed by atoms with Crippen molar-refractivity contribution in [2.24, 2.45) is 0 Å². The lowest BCUT2D eigenvalue weighted by atomic mass is 10.1. The molecule has 1 aliphatic heterocycles. The van der Waals surface area contributed by atoms with Crippen LogP contribution in [0.25, 0.3) is 0 Å². The summed E-state index contributed by atoms with van der Waals surface area (Å²) in [7, 11) is 1.65. The molecule has 5 heteroatoms. The maximum atomic E-state index is 12.4. The van der Waals surface area contributed by atoms with Crippen LogP contribution in [0.5, 0.6) is 5.75 Å². The molecule has 3 rings (SSSR count). The van der Waals surface area contributed by atoms with Crippen molar-refractivity contribution in [2.75, 3.05) is 44.7 Å². The molecule has 2 aromatic carbocycles. The highest BCUT2D eigenvalue weighted by molar-refractivity contribution is 5.78. The molecular formula is C21H27N3O2. The summed E-state index contributed by atoms with van der Waals surface area (Å²) >= 11 is 0. The summed E-state index contributed by atoms with van der Waals surface area (Å²) < 4.78 is 5.38. The number of para-hydroxylation sites is 2. The van der Waals surface area contributed by atoms with Crippen LogP contribution in [0.1, 0.15) is 18.5 Å². The van der Waals surface area contributed by atoms with E-state index >= 15 is 0 Å². The van der Waals surface area contributed by atoms with Gasteiger partial charge in [0.25, 0.3) is 0 Å². The first-order valence-electron chi connectivity index (χ1n) is 9.12. The van der Waals surface area contributed by atoms with E-state index in [2.05, 4.69) is 39.4 Å². The van der Waals surface area contributed by atoms with E-state index in [0.717, 1.165) is 37.5 Å². The number of hydrogen-bond acceptors (Lipinski definition) is 4. The Morgan fingerprint density at radius 3 is 2.38 bits per heavy atom. The molecule has 0 spiro atoms. The van der Waals surface area contributed by atoms with Gasteiger partial charge in [0.15, 0.2) is 0 Å². The number of methoxy groups -OCH3 is 1. The quantitative estimate of drug-likeness (QED) is 0.867. The van der Waals surface area contributed by atoms with Gasteiger partial charge in [-0.1, -0.05) is 36.4 Å². The zero-order valence-electron chi connectivity index (χ0n) is 15.5. The minimum absolute atomic E-state index is 0.0524. The fourth-order valence-electron chi connectivity index (χ4n) is 3.40. The van der Waals surface area contributed by atoms with Gasteiger partial charge >= 0.3 is 0 Å². The number of anilines is 1. The molecule has 5 nitrogen and oxygen atoms in total. The zero-order chi connectivity index (χ0) is 18.4. The Kier molecular flexibility index (Phi) is 6.12. The molecule has 0 saturated carbocycles. The number of nitrogens with one attached hydrogen (secondary N) is 1. The van der Waals surface area contributed by atoms with Gasteiger partial charge < -0.3 is 15.0 Å². The molecule has 0 radical (unpaired) electrons. The monoisotopic (exact) mass is 353 g/mol. The van der Waals surface area contributed by atoms with Crippen molar-refractivity contribution in [2.45, 2.75) is 13.0 Å². The van der Waals surface area contributed by atoms with Crippen molar-refractivity contribution in [3.8, 4) is 5.75 Å². The largest absolute Gasteiger partial charge is 0.496 e. The first-order valence-corrected chi connectivity index (χ1v) is 9.12. The van der Waals surface area contributed by atoms with E-state index in [1.807, 2.05) is 37.3 Å². The Balaban J connectivity index is 1.48. The Morgan fingerprint density at radius 2 is 1.69 bits per heavy atom. The van der Waals surface area contributed by atoms with Crippen molar-refractivity contribution in [1.29, 1.82) is 0 Å². The summed E-state index contributed by atoms with van der Waals surface area (Å²) in [6.45, 7) is 6.10. The molecule has 1 fully saturated rings. The van der Waals surface area contributed by atoms with Crippen molar-refractivity contribution in [3.05, 3.63) is 60.2 Å². The first kappa shape index (κ1) is 18.3. The molecular weight excluding hydrogens is 326 g/mol. The van der Waals surface area contributed by atoms with Crippen LogP contribution in [0.15, 0.2) is 54.6 Å². The zero-order valence-corrected chi connectivity index (χ0v) is 15.5. The van der Waals surface area contributed by atoms with Crippen LogP contribution < -0.4 is 15.0 Å². The van der Waals surface area contributed by atoms with Gasteiger partial charge in [0.05, 0.1) is 19.7 Å². The topological polar surface area (TPSA) is 44.8 Å². The SMILES string of the molecule is COc1ccccc1C(C)NC(=O)CN1CCN(c2ccccc2)CC1. The van der Waals surface area contributed by atoms with Crippen LogP contribution in [0, 0.1) is 0 Å². The van der Waals surface area contributed by atoms with E-state index in [0.29, 0.717) is 6.54 Å². The van der Waals surface area contributed by atoms with E-state index < -0.39 is 0 Å². The summed E-state index contributed by atoms with van der Waals surface area (Å²) in [6, 6.07) is 18.2. The second kappa shape index (κ2) is 8.72. The van der Waals surface area contributed by atoms with Gasteiger partial charge in [-0.2, -0.15) is 0 Å². The second-order valence-electron chi connectivity index (χ2n) is 6.63. The first-order chi connectivity index (χ1) is 12.7. The van der Waals surface area contributed by atoms with Crippen LogP contribution in [-0.4, -0.2) is 50.6 Å². The second-order valence-corrected chi connectivity index (χ2v) is 6.63. The Morgan fingerprint density at radius 1 is 1.04 bits per heavy atom. The third-order valence-corrected chi connectivity index (χ3v) is 4.84. The predicted octanol–water partition coefficient (Wildman–Crippen LogP) is 2.69. The van der Waals surface area contributed by atoms with E-state index in [4.69, 9.17) is 4.74 Å². The van der Waals surface area contributed by atoms with Crippen molar-refractivity contribution < 1.29 is 9.53 Å². The lowest BCUT2D eigenvalue weighted by molar-refractivity contribution is -0.123. The van der Waals surface area contributed by atoms with Crippen LogP contribution in [0.4, 0.5) is 5.69 Å². The van der Waals surface area contributed by atoms with Gasteiger partial charge in [-0.15, -0.1) is 0 Å².